The van der Waals surface area contributed by atoms with Gasteiger partial charge in [-0.05, 0) is 38.1 Å². The van der Waals surface area contributed by atoms with Gasteiger partial charge in [-0.2, -0.15) is 0 Å². The fourth-order valence-electron chi connectivity index (χ4n) is 3.34. The molecule has 1 atom stereocenters. The number of nitrogens with zero attached hydrogens (tertiary/aromatic N) is 2. The van der Waals surface area contributed by atoms with E-state index in [-0.39, 0.29) is 0 Å². The highest BCUT2D eigenvalue weighted by atomic mass is 15.2. The summed E-state index contributed by atoms with van der Waals surface area (Å²) in [5.41, 5.74) is 0. The summed E-state index contributed by atoms with van der Waals surface area (Å²) in [6.45, 7) is 8.10. The number of nitrogens with one attached hydrogen (secondary N) is 2. The third kappa shape index (κ3) is 5.34. The van der Waals surface area contributed by atoms with Gasteiger partial charge >= 0.3 is 0 Å². The predicted octanol–water partition coefficient (Wildman–Crippen LogP) is 2.38. The Balaban J connectivity index is 1.78. The monoisotopic (exact) mass is 292 g/mol. The minimum absolute atomic E-state index is 0.523. The molecule has 1 saturated heterocycles. The topological polar surface area (TPSA) is 39.7 Å². The lowest BCUT2D eigenvalue weighted by Gasteiger charge is -2.37. The van der Waals surface area contributed by atoms with Crippen molar-refractivity contribution >= 4 is 5.96 Å². The SMILES string of the molecule is CN=C(NCC1CCCCN1CC(C)C)NC1CC=CC1. The summed E-state index contributed by atoms with van der Waals surface area (Å²) in [6, 6.07) is 1.18. The van der Waals surface area contributed by atoms with E-state index in [1.54, 1.807) is 0 Å². The summed E-state index contributed by atoms with van der Waals surface area (Å²) in [4.78, 5) is 7.03. The maximum absolute atomic E-state index is 4.37. The highest BCUT2D eigenvalue weighted by Gasteiger charge is 2.23. The van der Waals surface area contributed by atoms with Crippen LogP contribution in [0.1, 0.15) is 46.0 Å². The molecule has 1 heterocycles. The van der Waals surface area contributed by atoms with Crippen LogP contribution in [0.15, 0.2) is 17.1 Å². The predicted molar refractivity (Wildman–Crippen MR) is 90.7 cm³/mol. The van der Waals surface area contributed by atoms with Gasteiger partial charge in [0.1, 0.15) is 0 Å². The first-order chi connectivity index (χ1) is 10.2. The molecule has 2 N–H and O–H groups in total. The largest absolute Gasteiger partial charge is 0.355 e. The lowest BCUT2D eigenvalue weighted by Crippen LogP contribution is -2.51. The van der Waals surface area contributed by atoms with Crippen molar-refractivity contribution in [3.05, 3.63) is 12.2 Å². The Morgan fingerprint density at radius 2 is 2.05 bits per heavy atom. The Hall–Kier alpha value is -1.03. The maximum Gasteiger partial charge on any atom is 0.191 e. The summed E-state index contributed by atoms with van der Waals surface area (Å²) in [5.74, 6) is 1.70. The van der Waals surface area contributed by atoms with Gasteiger partial charge in [-0.3, -0.25) is 9.89 Å². The van der Waals surface area contributed by atoms with Crippen LogP contribution < -0.4 is 10.6 Å². The van der Waals surface area contributed by atoms with Crippen molar-refractivity contribution in [3.63, 3.8) is 0 Å². The molecule has 0 saturated carbocycles. The van der Waals surface area contributed by atoms with Gasteiger partial charge < -0.3 is 10.6 Å². The van der Waals surface area contributed by atoms with E-state index in [2.05, 4.69) is 46.5 Å². The third-order valence-electron chi connectivity index (χ3n) is 4.43. The minimum atomic E-state index is 0.523. The van der Waals surface area contributed by atoms with E-state index in [1.807, 2.05) is 7.05 Å². The van der Waals surface area contributed by atoms with E-state index in [9.17, 15) is 0 Å². The van der Waals surface area contributed by atoms with Crippen molar-refractivity contribution in [2.45, 2.75) is 58.0 Å². The molecule has 21 heavy (non-hydrogen) atoms. The van der Waals surface area contributed by atoms with E-state index < -0.39 is 0 Å². The zero-order valence-electron chi connectivity index (χ0n) is 13.9. The first-order valence-electron chi connectivity index (χ1n) is 8.55. The Bertz CT molecular complexity index is 354. The Labute approximate surface area is 130 Å². The summed E-state index contributed by atoms with van der Waals surface area (Å²) < 4.78 is 0. The molecule has 0 spiro atoms. The van der Waals surface area contributed by atoms with E-state index in [0.29, 0.717) is 12.1 Å². The van der Waals surface area contributed by atoms with Gasteiger partial charge in [0.05, 0.1) is 0 Å². The fraction of sp³-hybridized carbons (Fsp3) is 0.824. The molecule has 1 unspecified atom stereocenters. The summed E-state index contributed by atoms with van der Waals surface area (Å²) >= 11 is 0. The molecule has 0 aromatic carbocycles. The van der Waals surface area contributed by atoms with Gasteiger partial charge in [0.15, 0.2) is 5.96 Å². The number of hydrogen-bond acceptors (Lipinski definition) is 2. The molecule has 0 bridgehead atoms. The Kier molecular flexibility index (Phi) is 6.55. The van der Waals surface area contributed by atoms with Crippen LogP contribution in [0, 0.1) is 5.92 Å². The third-order valence-corrected chi connectivity index (χ3v) is 4.43. The molecular weight excluding hydrogens is 260 g/mol. The highest BCUT2D eigenvalue weighted by Crippen LogP contribution is 2.17. The molecule has 2 rings (SSSR count). The average molecular weight is 292 g/mol. The average Bonchev–Trinajstić information content (AvgIpc) is 2.97. The van der Waals surface area contributed by atoms with Crippen molar-refractivity contribution < 1.29 is 0 Å². The van der Waals surface area contributed by atoms with Crippen LogP contribution in [0.4, 0.5) is 0 Å². The Morgan fingerprint density at radius 3 is 2.71 bits per heavy atom. The lowest BCUT2D eigenvalue weighted by molar-refractivity contribution is 0.133. The first kappa shape index (κ1) is 16.3. The molecule has 120 valence electrons. The van der Waals surface area contributed by atoms with Crippen LogP contribution in [0.3, 0.4) is 0 Å². The fourth-order valence-corrected chi connectivity index (χ4v) is 3.34. The van der Waals surface area contributed by atoms with Gasteiger partial charge in [0.25, 0.3) is 0 Å². The van der Waals surface area contributed by atoms with Crippen LogP contribution in [-0.2, 0) is 0 Å². The van der Waals surface area contributed by atoms with Gasteiger partial charge in [-0.1, -0.05) is 32.4 Å². The second kappa shape index (κ2) is 8.42. The van der Waals surface area contributed by atoms with E-state index in [0.717, 1.165) is 31.3 Å². The standard InChI is InChI=1S/C17H32N4/c1-14(2)13-21-11-7-6-10-16(21)12-19-17(18-3)20-15-8-4-5-9-15/h4-5,14-16H,6-13H2,1-3H3,(H2,18,19,20). The van der Waals surface area contributed by atoms with E-state index >= 15 is 0 Å². The van der Waals surface area contributed by atoms with Gasteiger partial charge in [-0.25, -0.2) is 0 Å². The van der Waals surface area contributed by atoms with Gasteiger partial charge in [-0.15, -0.1) is 0 Å². The number of aliphatic imine (C=N–C) groups is 1. The highest BCUT2D eigenvalue weighted by molar-refractivity contribution is 5.80. The smallest absolute Gasteiger partial charge is 0.191 e. The first-order valence-corrected chi connectivity index (χ1v) is 8.55. The number of rotatable bonds is 5. The van der Waals surface area contributed by atoms with Gasteiger partial charge in [0, 0.05) is 32.2 Å². The summed E-state index contributed by atoms with van der Waals surface area (Å²) in [5, 5.41) is 7.06. The van der Waals surface area contributed by atoms with Crippen LogP contribution in [0.2, 0.25) is 0 Å². The molecule has 4 heteroatoms. The molecular formula is C17H32N4. The molecule has 0 amide bonds. The molecule has 1 aliphatic carbocycles. The summed E-state index contributed by atoms with van der Waals surface area (Å²) in [6.07, 6.45) is 10.7. The number of likely N-dealkylation sites (tertiary alicyclic amines) is 1. The number of hydrogen-bond donors (Lipinski definition) is 2. The Morgan fingerprint density at radius 1 is 1.29 bits per heavy atom. The van der Waals surface area contributed by atoms with Crippen molar-refractivity contribution in [2.24, 2.45) is 10.9 Å². The quantitative estimate of drug-likeness (QED) is 0.464. The molecule has 0 aromatic heterocycles. The van der Waals surface area contributed by atoms with Crippen LogP contribution >= 0.6 is 0 Å². The second-order valence-corrected chi connectivity index (χ2v) is 6.78. The van der Waals surface area contributed by atoms with Gasteiger partial charge in [0.2, 0.25) is 0 Å². The van der Waals surface area contributed by atoms with E-state index in [4.69, 9.17) is 0 Å². The number of guanidine groups is 1. The van der Waals surface area contributed by atoms with Crippen molar-refractivity contribution in [3.8, 4) is 0 Å². The minimum Gasteiger partial charge on any atom is -0.355 e. The zero-order chi connectivity index (χ0) is 15.1. The molecule has 1 fully saturated rings. The van der Waals surface area contributed by atoms with E-state index in [1.165, 1.54) is 32.4 Å². The van der Waals surface area contributed by atoms with Crippen molar-refractivity contribution in [2.75, 3.05) is 26.7 Å². The van der Waals surface area contributed by atoms with Crippen molar-refractivity contribution in [1.29, 1.82) is 0 Å². The molecule has 0 aromatic rings. The van der Waals surface area contributed by atoms with Crippen LogP contribution in [0.25, 0.3) is 0 Å². The molecule has 1 aliphatic heterocycles. The molecule has 2 aliphatic rings. The lowest BCUT2D eigenvalue weighted by atomic mass is 10.0. The number of piperidine rings is 1. The molecule has 4 nitrogen and oxygen atoms in total. The maximum atomic E-state index is 4.37. The van der Waals surface area contributed by atoms with Crippen LogP contribution in [-0.4, -0.2) is 49.6 Å². The normalized spacial score (nSPS) is 24.8. The molecule has 0 radical (unpaired) electrons. The van der Waals surface area contributed by atoms with Crippen LogP contribution in [0.5, 0.6) is 0 Å². The summed E-state index contributed by atoms with van der Waals surface area (Å²) in [7, 11) is 1.87. The van der Waals surface area contributed by atoms with Crippen molar-refractivity contribution in [1.82, 2.24) is 15.5 Å². The zero-order valence-corrected chi connectivity index (χ0v) is 13.9. The second-order valence-electron chi connectivity index (χ2n) is 6.78.